The molecule has 2 aliphatic rings. The van der Waals surface area contributed by atoms with Gasteiger partial charge in [0.2, 0.25) is 11.8 Å². The fourth-order valence-corrected chi connectivity index (χ4v) is 4.67. The van der Waals surface area contributed by atoms with E-state index in [9.17, 15) is 9.59 Å². The molecule has 6 heteroatoms. The van der Waals surface area contributed by atoms with Crippen LogP contribution in [0.5, 0.6) is 5.75 Å². The van der Waals surface area contributed by atoms with Crippen molar-refractivity contribution in [1.82, 2.24) is 15.2 Å². The molecule has 2 aromatic carbocycles. The van der Waals surface area contributed by atoms with E-state index in [-0.39, 0.29) is 17.9 Å². The van der Waals surface area contributed by atoms with Crippen molar-refractivity contribution in [3.05, 3.63) is 54.1 Å². The highest BCUT2D eigenvalue weighted by Crippen LogP contribution is 2.37. The lowest BCUT2D eigenvalue weighted by Crippen LogP contribution is -2.61. The molecule has 5 rings (SSSR count). The predicted octanol–water partition coefficient (Wildman–Crippen LogP) is 2.88. The summed E-state index contributed by atoms with van der Waals surface area (Å²) in [5, 5.41) is 4.03. The van der Waals surface area contributed by atoms with Crippen LogP contribution in [0.15, 0.2) is 48.5 Å². The zero-order valence-electron chi connectivity index (χ0n) is 16.3. The number of rotatable bonds is 4. The number of piperazine rings is 1. The van der Waals surface area contributed by atoms with Gasteiger partial charge in [-0.2, -0.15) is 0 Å². The molecule has 3 heterocycles. The van der Waals surface area contributed by atoms with Crippen molar-refractivity contribution in [3.63, 3.8) is 0 Å². The summed E-state index contributed by atoms with van der Waals surface area (Å²) in [7, 11) is 1.65. The summed E-state index contributed by atoms with van der Waals surface area (Å²) in [4.78, 5) is 30.9. The Morgan fingerprint density at radius 2 is 1.90 bits per heavy atom. The van der Waals surface area contributed by atoms with E-state index in [4.69, 9.17) is 4.74 Å². The fourth-order valence-electron chi connectivity index (χ4n) is 4.67. The number of H-pyrrole nitrogens is 1. The molecule has 0 spiro atoms. The number of amides is 2. The molecule has 2 N–H and O–H groups in total. The van der Waals surface area contributed by atoms with Crippen LogP contribution in [-0.4, -0.2) is 47.4 Å². The molecule has 0 aliphatic carbocycles. The molecule has 3 aromatic rings. The van der Waals surface area contributed by atoms with E-state index in [0.29, 0.717) is 13.0 Å². The summed E-state index contributed by atoms with van der Waals surface area (Å²) in [6.07, 6.45) is 2.07. The number of ether oxygens (including phenoxy) is 1. The number of aromatic amines is 1. The molecule has 0 bridgehead atoms. The summed E-state index contributed by atoms with van der Waals surface area (Å²) >= 11 is 0. The minimum atomic E-state index is -0.551. The minimum absolute atomic E-state index is 0.0170. The molecule has 2 saturated heterocycles. The molecule has 2 fully saturated rings. The normalized spacial score (nSPS) is 21.3. The third kappa shape index (κ3) is 2.87. The molecule has 2 amide bonds. The second-order valence-electron chi connectivity index (χ2n) is 7.68. The third-order valence-corrected chi connectivity index (χ3v) is 6.05. The zero-order valence-corrected chi connectivity index (χ0v) is 16.3. The van der Waals surface area contributed by atoms with Crippen molar-refractivity contribution in [2.45, 2.75) is 31.3 Å². The standard InChI is InChI=1S/C23H23N3O3/c1-29-20-11-5-3-8-15(20)21-16(14-7-2-4-9-17(14)24-21)13-18-23(28)26-12-6-10-19(26)22(27)25-18/h2-5,7-9,11,18-19,24H,6,10,12-13H2,1H3,(H,25,27)/t18-,19-/m0/s1. The lowest BCUT2D eigenvalue weighted by Gasteiger charge is -2.34. The molecule has 1 aromatic heterocycles. The highest BCUT2D eigenvalue weighted by molar-refractivity contribution is 5.99. The number of nitrogens with one attached hydrogen (secondary N) is 2. The topological polar surface area (TPSA) is 74.4 Å². The fraction of sp³-hybridized carbons (Fsp3) is 0.304. The average molecular weight is 389 g/mol. The van der Waals surface area contributed by atoms with Gasteiger partial charge in [0.1, 0.15) is 17.8 Å². The van der Waals surface area contributed by atoms with Crippen LogP contribution in [0.25, 0.3) is 22.2 Å². The van der Waals surface area contributed by atoms with E-state index in [1.165, 1.54) is 0 Å². The number of methoxy groups -OCH3 is 1. The van der Waals surface area contributed by atoms with Crippen LogP contribution in [0.3, 0.4) is 0 Å². The molecule has 2 atom stereocenters. The highest BCUT2D eigenvalue weighted by atomic mass is 16.5. The van der Waals surface area contributed by atoms with Gasteiger partial charge in [-0.15, -0.1) is 0 Å². The van der Waals surface area contributed by atoms with Gasteiger partial charge in [0.25, 0.3) is 0 Å². The molecule has 0 radical (unpaired) electrons. The summed E-state index contributed by atoms with van der Waals surface area (Å²) < 4.78 is 5.57. The van der Waals surface area contributed by atoms with Gasteiger partial charge in [-0.1, -0.05) is 30.3 Å². The molecular formula is C23H23N3O3. The van der Waals surface area contributed by atoms with E-state index in [1.807, 2.05) is 48.5 Å². The summed E-state index contributed by atoms with van der Waals surface area (Å²) in [6, 6.07) is 15.0. The third-order valence-electron chi connectivity index (χ3n) is 6.05. The van der Waals surface area contributed by atoms with E-state index < -0.39 is 6.04 Å². The first kappa shape index (κ1) is 17.8. The quantitative estimate of drug-likeness (QED) is 0.721. The molecule has 2 aliphatic heterocycles. The summed E-state index contributed by atoms with van der Waals surface area (Å²) in [5.41, 5.74) is 3.88. The van der Waals surface area contributed by atoms with Crippen molar-refractivity contribution in [1.29, 1.82) is 0 Å². The second kappa shape index (κ2) is 6.95. The second-order valence-corrected chi connectivity index (χ2v) is 7.68. The van der Waals surface area contributed by atoms with Crippen molar-refractivity contribution < 1.29 is 14.3 Å². The zero-order chi connectivity index (χ0) is 20.0. The Balaban J connectivity index is 1.59. The number of benzene rings is 2. The van der Waals surface area contributed by atoms with E-state index in [0.717, 1.165) is 46.3 Å². The molecular weight excluding hydrogens is 366 g/mol. The maximum atomic E-state index is 13.1. The highest BCUT2D eigenvalue weighted by Gasteiger charge is 2.43. The SMILES string of the molecule is COc1ccccc1-c1[nH]c2ccccc2c1C[C@@H]1NC(=O)[C@@H]2CCCN2C1=O. The lowest BCUT2D eigenvalue weighted by molar-refractivity contribution is -0.146. The maximum Gasteiger partial charge on any atom is 0.246 e. The predicted molar refractivity (Wildman–Crippen MR) is 111 cm³/mol. The summed E-state index contributed by atoms with van der Waals surface area (Å²) in [6.45, 7) is 0.667. The molecule has 0 saturated carbocycles. The Hall–Kier alpha value is -3.28. The monoisotopic (exact) mass is 389 g/mol. The van der Waals surface area contributed by atoms with Crippen molar-refractivity contribution in [3.8, 4) is 17.0 Å². The van der Waals surface area contributed by atoms with E-state index in [1.54, 1.807) is 12.0 Å². The van der Waals surface area contributed by atoms with Gasteiger partial charge in [-0.05, 0) is 36.6 Å². The van der Waals surface area contributed by atoms with Crippen LogP contribution in [0, 0.1) is 0 Å². The van der Waals surface area contributed by atoms with Crippen LogP contribution in [0.1, 0.15) is 18.4 Å². The first-order valence-corrected chi connectivity index (χ1v) is 10.0. The molecule has 148 valence electrons. The van der Waals surface area contributed by atoms with Gasteiger partial charge in [0.15, 0.2) is 0 Å². The number of para-hydroxylation sites is 2. The Morgan fingerprint density at radius 1 is 1.10 bits per heavy atom. The minimum Gasteiger partial charge on any atom is -0.496 e. The molecule has 0 unspecified atom stereocenters. The first-order chi connectivity index (χ1) is 14.2. The van der Waals surface area contributed by atoms with Gasteiger partial charge in [0.05, 0.1) is 12.8 Å². The van der Waals surface area contributed by atoms with Crippen LogP contribution in [-0.2, 0) is 16.0 Å². The van der Waals surface area contributed by atoms with Crippen LogP contribution in [0.4, 0.5) is 0 Å². The van der Waals surface area contributed by atoms with E-state index >= 15 is 0 Å². The maximum absolute atomic E-state index is 13.1. The number of carbonyl (C=O) groups excluding carboxylic acids is 2. The Morgan fingerprint density at radius 3 is 2.76 bits per heavy atom. The van der Waals surface area contributed by atoms with Crippen LogP contribution < -0.4 is 10.1 Å². The van der Waals surface area contributed by atoms with Gasteiger partial charge < -0.3 is 19.9 Å². The number of carbonyl (C=O) groups is 2. The Bertz CT molecular complexity index is 1100. The van der Waals surface area contributed by atoms with Gasteiger partial charge >= 0.3 is 0 Å². The number of nitrogens with zero attached hydrogens (tertiary/aromatic N) is 1. The van der Waals surface area contributed by atoms with Gasteiger partial charge in [-0.3, -0.25) is 9.59 Å². The first-order valence-electron chi connectivity index (χ1n) is 10.0. The smallest absolute Gasteiger partial charge is 0.246 e. The van der Waals surface area contributed by atoms with E-state index in [2.05, 4.69) is 10.3 Å². The van der Waals surface area contributed by atoms with Gasteiger partial charge in [0, 0.05) is 29.4 Å². The molecule has 6 nitrogen and oxygen atoms in total. The lowest BCUT2D eigenvalue weighted by atomic mass is 9.96. The number of hydrogen-bond acceptors (Lipinski definition) is 3. The van der Waals surface area contributed by atoms with Crippen LogP contribution >= 0.6 is 0 Å². The Kier molecular flexibility index (Phi) is 4.27. The van der Waals surface area contributed by atoms with Gasteiger partial charge in [-0.25, -0.2) is 0 Å². The number of aromatic nitrogens is 1. The number of hydrogen-bond donors (Lipinski definition) is 2. The Labute approximate surface area is 168 Å². The number of fused-ring (bicyclic) bond motifs is 2. The molecule has 29 heavy (non-hydrogen) atoms. The largest absolute Gasteiger partial charge is 0.496 e. The van der Waals surface area contributed by atoms with Crippen LogP contribution in [0.2, 0.25) is 0 Å². The van der Waals surface area contributed by atoms with Crippen molar-refractivity contribution in [2.24, 2.45) is 0 Å². The van der Waals surface area contributed by atoms with Crippen molar-refractivity contribution in [2.75, 3.05) is 13.7 Å². The average Bonchev–Trinajstić information content (AvgIpc) is 3.38. The summed E-state index contributed by atoms with van der Waals surface area (Å²) in [5.74, 6) is 0.744. The van der Waals surface area contributed by atoms with Crippen molar-refractivity contribution >= 4 is 22.7 Å².